The lowest BCUT2D eigenvalue weighted by Crippen LogP contribution is -2.42. The molecule has 0 aromatic heterocycles. The van der Waals surface area contributed by atoms with Crippen LogP contribution in [0.4, 0.5) is 5.69 Å². The third-order valence-corrected chi connectivity index (χ3v) is 2.24. The molecule has 1 rings (SSSR count). The van der Waals surface area contributed by atoms with Crippen molar-refractivity contribution < 1.29 is 14.3 Å². The van der Waals surface area contributed by atoms with Crippen LogP contribution in [-0.4, -0.2) is 25.0 Å². The molecule has 0 aliphatic heterocycles. The average molecular weight is 237 g/mol. The molecule has 0 radical (unpaired) electrons. The Morgan fingerprint density at radius 3 is 2.59 bits per heavy atom. The first-order chi connectivity index (χ1) is 7.95. The van der Waals surface area contributed by atoms with Gasteiger partial charge in [-0.15, -0.1) is 0 Å². The highest BCUT2D eigenvalue weighted by Gasteiger charge is 2.17. The molecule has 0 heterocycles. The topological polar surface area (TPSA) is 107 Å². The van der Waals surface area contributed by atoms with E-state index in [1.54, 1.807) is 6.07 Å². The fourth-order valence-corrected chi connectivity index (χ4v) is 1.24. The summed E-state index contributed by atoms with van der Waals surface area (Å²) in [4.78, 5) is 22.6. The van der Waals surface area contributed by atoms with Gasteiger partial charge in [0, 0.05) is 11.8 Å². The van der Waals surface area contributed by atoms with Crippen molar-refractivity contribution in [2.24, 2.45) is 5.73 Å². The van der Waals surface area contributed by atoms with E-state index in [-0.39, 0.29) is 0 Å². The highest BCUT2D eigenvalue weighted by atomic mass is 16.5. The number of nitrogens with two attached hydrogens (primary N) is 2. The van der Waals surface area contributed by atoms with Crippen LogP contribution in [-0.2, 0) is 4.79 Å². The third kappa shape index (κ3) is 3.10. The van der Waals surface area contributed by atoms with Crippen LogP contribution in [0.15, 0.2) is 18.2 Å². The fourth-order valence-electron chi connectivity index (χ4n) is 1.24. The van der Waals surface area contributed by atoms with E-state index in [1.165, 1.54) is 26.2 Å². The van der Waals surface area contributed by atoms with E-state index in [4.69, 9.17) is 16.2 Å². The van der Waals surface area contributed by atoms with Gasteiger partial charge >= 0.3 is 0 Å². The van der Waals surface area contributed by atoms with Crippen molar-refractivity contribution in [2.75, 3.05) is 12.8 Å². The molecule has 0 fully saturated rings. The number of primary amides is 1. The van der Waals surface area contributed by atoms with Gasteiger partial charge in [-0.25, -0.2) is 0 Å². The number of nitrogen functional groups attached to an aromatic ring is 1. The Morgan fingerprint density at radius 1 is 1.41 bits per heavy atom. The molecular formula is C11H15N3O3. The highest BCUT2D eigenvalue weighted by molar-refractivity contribution is 5.99. The summed E-state index contributed by atoms with van der Waals surface area (Å²) in [7, 11) is 1.43. The van der Waals surface area contributed by atoms with Gasteiger partial charge in [-0.3, -0.25) is 9.59 Å². The van der Waals surface area contributed by atoms with Crippen molar-refractivity contribution in [2.45, 2.75) is 13.0 Å². The molecule has 0 bridgehead atoms. The monoisotopic (exact) mass is 237 g/mol. The number of methoxy groups -OCH3 is 1. The number of hydrogen-bond acceptors (Lipinski definition) is 4. The first-order valence-electron chi connectivity index (χ1n) is 4.99. The second-order valence-corrected chi connectivity index (χ2v) is 3.56. The minimum Gasteiger partial charge on any atom is -0.496 e. The Labute approximate surface area is 98.9 Å². The lowest BCUT2D eigenvalue weighted by molar-refractivity contribution is -0.119. The average Bonchev–Trinajstić information content (AvgIpc) is 2.28. The number of benzene rings is 1. The Balaban J connectivity index is 2.92. The van der Waals surface area contributed by atoms with Crippen LogP contribution in [0.3, 0.4) is 0 Å². The summed E-state index contributed by atoms with van der Waals surface area (Å²) in [5.41, 5.74) is 11.4. The summed E-state index contributed by atoms with van der Waals surface area (Å²) >= 11 is 0. The Morgan fingerprint density at radius 2 is 2.06 bits per heavy atom. The van der Waals surface area contributed by atoms with E-state index in [0.717, 1.165) is 0 Å². The van der Waals surface area contributed by atoms with Crippen molar-refractivity contribution in [3.8, 4) is 5.75 Å². The molecule has 0 aliphatic rings. The van der Waals surface area contributed by atoms with Crippen molar-refractivity contribution in [1.29, 1.82) is 0 Å². The summed E-state index contributed by atoms with van der Waals surface area (Å²) in [6, 6.07) is 3.89. The van der Waals surface area contributed by atoms with Gasteiger partial charge in [0.2, 0.25) is 5.91 Å². The van der Waals surface area contributed by atoms with E-state index in [2.05, 4.69) is 5.32 Å². The molecule has 2 amide bonds. The molecule has 0 spiro atoms. The predicted octanol–water partition coefficient (Wildman–Crippen LogP) is -0.119. The zero-order chi connectivity index (χ0) is 13.0. The summed E-state index contributed by atoms with van der Waals surface area (Å²) in [6.45, 7) is 1.50. The number of hydrogen-bond donors (Lipinski definition) is 3. The van der Waals surface area contributed by atoms with Gasteiger partial charge in [-0.2, -0.15) is 0 Å². The molecule has 1 aromatic carbocycles. The van der Waals surface area contributed by atoms with Gasteiger partial charge in [-0.1, -0.05) is 0 Å². The molecule has 1 aromatic rings. The van der Waals surface area contributed by atoms with Crippen LogP contribution < -0.4 is 21.5 Å². The summed E-state index contributed by atoms with van der Waals surface area (Å²) in [6.07, 6.45) is 0. The molecule has 6 nitrogen and oxygen atoms in total. The minimum atomic E-state index is -0.746. The summed E-state index contributed by atoms with van der Waals surface area (Å²) < 4.78 is 5.03. The van der Waals surface area contributed by atoms with Gasteiger partial charge in [0.05, 0.1) is 12.7 Å². The second-order valence-electron chi connectivity index (χ2n) is 3.56. The zero-order valence-electron chi connectivity index (χ0n) is 9.69. The van der Waals surface area contributed by atoms with Crippen molar-refractivity contribution >= 4 is 17.5 Å². The Hall–Kier alpha value is -2.24. The SMILES string of the molecule is COc1cc(N)ccc1C(=O)NC(C)C(N)=O. The maximum absolute atomic E-state index is 11.8. The number of rotatable bonds is 4. The number of carbonyl (C=O) groups is 2. The van der Waals surface area contributed by atoms with E-state index in [1.807, 2.05) is 0 Å². The first kappa shape index (κ1) is 12.8. The van der Waals surface area contributed by atoms with Crippen LogP contribution in [0.5, 0.6) is 5.75 Å². The molecule has 1 unspecified atom stereocenters. The molecule has 6 heteroatoms. The first-order valence-corrected chi connectivity index (χ1v) is 4.99. The summed E-state index contributed by atoms with van der Waals surface area (Å²) in [5.74, 6) is -0.694. The normalized spacial score (nSPS) is 11.6. The molecule has 17 heavy (non-hydrogen) atoms. The molecule has 92 valence electrons. The highest BCUT2D eigenvalue weighted by Crippen LogP contribution is 2.21. The van der Waals surface area contributed by atoms with E-state index in [9.17, 15) is 9.59 Å². The number of amides is 2. The Kier molecular flexibility index (Phi) is 3.92. The molecule has 0 saturated carbocycles. The number of nitrogens with one attached hydrogen (secondary N) is 1. The standard InChI is InChI=1S/C11H15N3O3/c1-6(10(13)15)14-11(16)8-4-3-7(12)5-9(8)17-2/h3-6H,12H2,1-2H3,(H2,13,15)(H,14,16). The Bertz CT molecular complexity index is 446. The van der Waals surface area contributed by atoms with Crippen LogP contribution in [0, 0.1) is 0 Å². The van der Waals surface area contributed by atoms with E-state index >= 15 is 0 Å². The number of carbonyl (C=O) groups excluding carboxylic acids is 2. The summed E-state index contributed by atoms with van der Waals surface area (Å²) in [5, 5.41) is 2.46. The van der Waals surface area contributed by atoms with Crippen LogP contribution in [0.1, 0.15) is 17.3 Å². The van der Waals surface area contributed by atoms with Crippen molar-refractivity contribution in [3.05, 3.63) is 23.8 Å². The van der Waals surface area contributed by atoms with Crippen molar-refractivity contribution in [3.63, 3.8) is 0 Å². The quantitative estimate of drug-likeness (QED) is 0.634. The van der Waals surface area contributed by atoms with Gasteiger partial charge in [-0.05, 0) is 19.1 Å². The maximum Gasteiger partial charge on any atom is 0.255 e. The van der Waals surface area contributed by atoms with Gasteiger partial charge in [0.25, 0.3) is 5.91 Å². The smallest absolute Gasteiger partial charge is 0.255 e. The van der Waals surface area contributed by atoms with Crippen LogP contribution in [0.25, 0.3) is 0 Å². The molecule has 0 saturated heterocycles. The lowest BCUT2D eigenvalue weighted by Gasteiger charge is -2.12. The second kappa shape index (κ2) is 5.20. The minimum absolute atomic E-state index is 0.301. The predicted molar refractivity (Wildman–Crippen MR) is 63.5 cm³/mol. The van der Waals surface area contributed by atoms with Crippen molar-refractivity contribution in [1.82, 2.24) is 5.32 Å². The van der Waals surface area contributed by atoms with E-state index < -0.39 is 17.9 Å². The molecule has 5 N–H and O–H groups in total. The van der Waals surface area contributed by atoms with E-state index in [0.29, 0.717) is 17.0 Å². The van der Waals surface area contributed by atoms with Gasteiger partial charge in [0.1, 0.15) is 11.8 Å². The number of anilines is 1. The third-order valence-electron chi connectivity index (χ3n) is 2.24. The van der Waals surface area contributed by atoms with Crippen LogP contribution in [0.2, 0.25) is 0 Å². The number of ether oxygens (including phenoxy) is 1. The zero-order valence-corrected chi connectivity index (χ0v) is 9.69. The van der Waals surface area contributed by atoms with Gasteiger partial charge in [0.15, 0.2) is 0 Å². The van der Waals surface area contributed by atoms with Crippen LogP contribution >= 0.6 is 0 Å². The molecule has 1 atom stereocenters. The largest absolute Gasteiger partial charge is 0.496 e. The fraction of sp³-hybridized carbons (Fsp3) is 0.273. The molecular weight excluding hydrogens is 222 g/mol. The lowest BCUT2D eigenvalue weighted by atomic mass is 10.1. The molecule has 0 aliphatic carbocycles. The van der Waals surface area contributed by atoms with Gasteiger partial charge < -0.3 is 21.5 Å². The maximum atomic E-state index is 11.8.